The van der Waals surface area contributed by atoms with E-state index in [1.54, 1.807) is 0 Å². The van der Waals surface area contributed by atoms with Crippen LogP contribution in [-0.2, 0) is 0 Å². The Morgan fingerprint density at radius 1 is 1.18 bits per heavy atom. The highest BCUT2D eigenvalue weighted by Gasteiger charge is 2.44. The van der Waals surface area contributed by atoms with E-state index in [4.69, 9.17) is 0 Å². The average molecular weight is 155 g/mol. The van der Waals surface area contributed by atoms with Gasteiger partial charge < -0.3 is 4.90 Å². The monoisotopic (exact) mass is 155 g/mol. The molecule has 1 fully saturated rings. The molecule has 0 heterocycles. The van der Waals surface area contributed by atoms with E-state index in [-0.39, 0.29) is 0 Å². The molecule has 0 aliphatic heterocycles. The van der Waals surface area contributed by atoms with Crippen molar-refractivity contribution < 1.29 is 0 Å². The van der Waals surface area contributed by atoms with Gasteiger partial charge in [0, 0.05) is 6.04 Å². The molecule has 1 heteroatoms. The maximum Gasteiger partial charge on any atom is 0.0150 e. The van der Waals surface area contributed by atoms with Crippen molar-refractivity contribution in [2.75, 3.05) is 13.6 Å². The standard InChI is InChI=1S/C10H21N/c1-5-6-7-11(4)10-8(2)9(10)3/h8-10H,5-7H2,1-4H3. The molecule has 0 bridgehead atoms. The molecule has 0 spiro atoms. The lowest BCUT2D eigenvalue weighted by Gasteiger charge is -2.15. The maximum absolute atomic E-state index is 2.53. The van der Waals surface area contributed by atoms with Gasteiger partial charge in [-0.15, -0.1) is 0 Å². The minimum absolute atomic E-state index is 0.890. The van der Waals surface area contributed by atoms with Gasteiger partial charge in [0.15, 0.2) is 0 Å². The molecule has 11 heavy (non-hydrogen) atoms. The van der Waals surface area contributed by atoms with E-state index < -0.39 is 0 Å². The minimum Gasteiger partial charge on any atom is -0.303 e. The van der Waals surface area contributed by atoms with Crippen LogP contribution in [0.15, 0.2) is 0 Å². The van der Waals surface area contributed by atoms with E-state index in [1.165, 1.54) is 19.4 Å². The van der Waals surface area contributed by atoms with Crippen LogP contribution < -0.4 is 0 Å². The van der Waals surface area contributed by atoms with Crippen molar-refractivity contribution >= 4 is 0 Å². The zero-order chi connectivity index (χ0) is 8.43. The van der Waals surface area contributed by atoms with Gasteiger partial charge in [0.1, 0.15) is 0 Å². The number of rotatable bonds is 4. The van der Waals surface area contributed by atoms with Crippen molar-refractivity contribution in [3.05, 3.63) is 0 Å². The van der Waals surface area contributed by atoms with Gasteiger partial charge in [0.2, 0.25) is 0 Å². The lowest BCUT2D eigenvalue weighted by Crippen LogP contribution is -2.23. The second-order valence-corrected chi connectivity index (χ2v) is 4.04. The van der Waals surface area contributed by atoms with Crippen molar-refractivity contribution in [3.8, 4) is 0 Å². The number of nitrogens with zero attached hydrogens (tertiary/aromatic N) is 1. The van der Waals surface area contributed by atoms with Gasteiger partial charge in [-0.05, 0) is 31.8 Å². The fourth-order valence-electron chi connectivity index (χ4n) is 2.00. The van der Waals surface area contributed by atoms with Gasteiger partial charge in [0.05, 0.1) is 0 Å². The molecule has 2 unspecified atom stereocenters. The number of hydrogen-bond donors (Lipinski definition) is 0. The molecule has 0 aromatic carbocycles. The molecule has 1 aliphatic carbocycles. The van der Waals surface area contributed by atoms with Gasteiger partial charge in [-0.3, -0.25) is 0 Å². The SMILES string of the molecule is CCCCN(C)C1C(C)C1C. The van der Waals surface area contributed by atoms with Crippen LogP contribution in [0, 0.1) is 11.8 Å². The molecular formula is C10H21N. The highest BCUT2D eigenvalue weighted by molar-refractivity contribution is 4.98. The Balaban J connectivity index is 2.16. The van der Waals surface area contributed by atoms with Crippen LogP contribution in [0.5, 0.6) is 0 Å². The third-order valence-corrected chi connectivity index (χ3v) is 3.14. The maximum atomic E-state index is 2.53. The number of unbranched alkanes of at least 4 members (excludes halogenated alkanes) is 1. The van der Waals surface area contributed by atoms with Gasteiger partial charge >= 0.3 is 0 Å². The molecule has 66 valence electrons. The molecular weight excluding hydrogens is 134 g/mol. The summed E-state index contributed by atoms with van der Waals surface area (Å²) in [5.74, 6) is 1.88. The van der Waals surface area contributed by atoms with Crippen LogP contribution in [0.2, 0.25) is 0 Å². The van der Waals surface area contributed by atoms with Crippen molar-refractivity contribution in [3.63, 3.8) is 0 Å². The first-order chi connectivity index (χ1) is 5.18. The molecule has 1 aliphatic rings. The summed E-state index contributed by atoms with van der Waals surface area (Å²) in [6.45, 7) is 8.26. The predicted octanol–water partition coefficient (Wildman–Crippen LogP) is 2.37. The van der Waals surface area contributed by atoms with Crippen LogP contribution in [0.1, 0.15) is 33.6 Å². The molecule has 2 atom stereocenters. The summed E-state index contributed by atoms with van der Waals surface area (Å²) < 4.78 is 0. The summed E-state index contributed by atoms with van der Waals surface area (Å²) in [4.78, 5) is 2.53. The summed E-state index contributed by atoms with van der Waals surface area (Å²) in [7, 11) is 2.26. The first-order valence-corrected chi connectivity index (χ1v) is 4.88. The van der Waals surface area contributed by atoms with Crippen LogP contribution in [-0.4, -0.2) is 24.5 Å². The van der Waals surface area contributed by atoms with Crippen LogP contribution >= 0.6 is 0 Å². The number of hydrogen-bond acceptors (Lipinski definition) is 1. The third kappa shape index (κ3) is 1.96. The second-order valence-electron chi connectivity index (χ2n) is 4.04. The summed E-state index contributed by atoms with van der Waals surface area (Å²) in [6, 6.07) is 0.890. The Morgan fingerprint density at radius 3 is 2.09 bits per heavy atom. The van der Waals surface area contributed by atoms with Crippen LogP contribution in [0.4, 0.5) is 0 Å². The summed E-state index contributed by atoms with van der Waals surface area (Å²) >= 11 is 0. The quantitative estimate of drug-likeness (QED) is 0.602. The smallest absolute Gasteiger partial charge is 0.0150 e. The van der Waals surface area contributed by atoms with E-state index >= 15 is 0 Å². The molecule has 0 aromatic rings. The van der Waals surface area contributed by atoms with Crippen molar-refractivity contribution in [2.24, 2.45) is 11.8 Å². The Kier molecular flexibility index (Phi) is 2.94. The molecule has 0 N–H and O–H groups in total. The zero-order valence-corrected chi connectivity index (χ0v) is 8.30. The second kappa shape index (κ2) is 3.57. The van der Waals surface area contributed by atoms with Crippen LogP contribution in [0.25, 0.3) is 0 Å². The molecule has 1 rings (SSSR count). The highest BCUT2D eigenvalue weighted by atomic mass is 15.2. The van der Waals surface area contributed by atoms with Crippen molar-refractivity contribution in [1.29, 1.82) is 0 Å². The fraction of sp³-hybridized carbons (Fsp3) is 1.00. The Morgan fingerprint density at radius 2 is 1.73 bits per heavy atom. The molecule has 0 aromatic heterocycles. The Bertz CT molecular complexity index is 114. The normalized spacial score (nSPS) is 36.3. The Hall–Kier alpha value is -0.0400. The van der Waals surface area contributed by atoms with E-state index in [2.05, 4.69) is 32.7 Å². The molecule has 0 amide bonds. The summed E-state index contributed by atoms with van der Waals surface area (Å²) in [5.41, 5.74) is 0. The van der Waals surface area contributed by atoms with Gasteiger partial charge in [-0.25, -0.2) is 0 Å². The fourth-order valence-corrected chi connectivity index (χ4v) is 2.00. The molecule has 0 radical (unpaired) electrons. The first-order valence-electron chi connectivity index (χ1n) is 4.88. The van der Waals surface area contributed by atoms with Gasteiger partial charge in [-0.1, -0.05) is 27.2 Å². The largest absolute Gasteiger partial charge is 0.303 e. The van der Waals surface area contributed by atoms with E-state index in [0.29, 0.717) is 0 Å². The average Bonchev–Trinajstić information content (AvgIpc) is 2.56. The lowest BCUT2D eigenvalue weighted by molar-refractivity contribution is 0.298. The zero-order valence-electron chi connectivity index (χ0n) is 8.30. The van der Waals surface area contributed by atoms with Gasteiger partial charge in [0.25, 0.3) is 0 Å². The summed E-state index contributed by atoms with van der Waals surface area (Å²) in [6.07, 6.45) is 2.67. The highest BCUT2D eigenvalue weighted by Crippen LogP contribution is 2.41. The van der Waals surface area contributed by atoms with Gasteiger partial charge in [-0.2, -0.15) is 0 Å². The topological polar surface area (TPSA) is 3.24 Å². The molecule has 1 nitrogen and oxygen atoms in total. The lowest BCUT2D eigenvalue weighted by atomic mass is 10.3. The third-order valence-electron chi connectivity index (χ3n) is 3.14. The molecule has 0 saturated heterocycles. The predicted molar refractivity (Wildman–Crippen MR) is 49.7 cm³/mol. The van der Waals surface area contributed by atoms with E-state index in [1.807, 2.05) is 0 Å². The minimum atomic E-state index is 0.890. The Labute approximate surface area is 70.8 Å². The van der Waals surface area contributed by atoms with E-state index in [9.17, 15) is 0 Å². The van der Waals surface area contributed by atoms with E-state index in [0.717, 1.165) is 17.9 Å². The van der Waals surface area contributed by atoms with Crippen molar-refractivity contribution in [1.82, 2.24) is 4.90 Å². The first kappa shape index (κ1) is 9.05. The molecule has 1 saturated carbocycles. The van der Waals surface area contributed by atoms with Crippen molar-refractivity contribution in [2.45, 2.75) is 39.7 Å². The summed E-state index contributed by atoms with van der Waals surface area (Å²) in [5, 5.41) is 0. The van der Waals surface area contributed by atoms with Crippen LogP contribution in [0.3, 0.4) is 0 Å².